The standard InChI is InChI=1S/C17H26O9S.K.H/c1-12(2)14(18)25-10-17(5,11-26-15(19)13(3)4)16(20)24-8-6-7-9-27(21,22)23;;/h1,3,6-11H2,2,4-5H3,(H,21,22,23);;/q;+1;-1. The van der Waals surface area contributed by atoms with E-state index in [-0.39, 0.29) is 83.4 Å². The molecule has 0 spiro atoms. The summed E-state index contributed by atoms with van der Waals surface area (Å²) in [6, 6.07) is 0. The number of ether oxygens (including phenoxy) is 3. The van der Waals surface area contributed by atoms with Crippen LogP contribution in [0.4, 0.5) is 0 Å². The quantitative estimate of drug-likeness (QED) is 0.0955. The van der Waals surface area contributed by atoms with Gasteiger partial charge in [0.15, 0.2) is 0 Å². The first-order chi connectivity index (χ1) is 12.3. The van der Waals surface area contributed by atoms with Crippen molar-refractivity contribution in [2.75, 3.05) is 25.6 Å². The third-order valence-corrected chi connectivity index (χ3v) is 4.07. The summed E-state index contributed by atoms with van der Waals surface area (Å²) < 4.78 is 44.9. The Balaban J connectivity index is -0.00000338. The topological polar surface area (TPSA) is 133 Å². The van der Waals surface area contributed by atoms with Crippen molar-refractivity contribution in [1.82, 2.24) is 0 Å². The molecule has 0 aromatic rings. The van der Waals surface area contributed by atoms with Crippen molar-refractivity contribution in [2.24, 2.45) is 5.41 Å². The molecule has 0 amide bonds. The van der Waals surface area contributed by atoms with Crippen molar-refractivity contribution >= 4 is 28.0 Å². The Hall–Kier alpha value is -0.564. The largest absolute Gasteiger partial charge is 1.00 e. The van der Waals surface area contributed by atoms with Gasteiger partial charge in [-0.3, -0.25) is 9.35 Å². The molecule has 0 saturated carbocycles. The van der Waals surface area contributed by atoms with Gasteiger partial charge < -0.3 is 15.6 Å². The number of esters is 3. The fourth-order valence-electron chi connectivity index (χ4n) is 1.58. The van der Waals surface area contributed by atoms with Gasteiger partial charge >= 0.3 is 69.3 Å². The zero-order valence-electron chi connectivity index (χ0n) is 17.8. The average Bonchev–Trinajstić information content (AvgIpc) is 2.55. The van der Waals surface area contributed by atoms with Gasteiger partial charge in [-0.1, -0.05) is 13.2 Å². The predicted octanol–water partition coefficient (Wildman–Crippen LogP) is -1.44. The Kier molecular flexibility index (Phi) is 14.4. The van der Waals surface area contributed by atoms with Crippen molar-refractivity contribution < 1.29 is 94.4 Å². The fourth-order valence-corrected chi connectivity index (χ4v) is 2.15. The molecule has 1 N–H and O–H groups in total. The molecule has 28 heavy (non-hydrogen) atoms. The Labute approximate surface area is 209 Å². The minimum absolute atomic E-state index is 0. The Morgan fingerprint density at radius 3 is 1.75 bits per heavy atom. The molecule has 11 heteroatoms. The molecule has 0 bridgehead atoms. The van der Waals surface area contributed by atoms with E-state index in [4.69, 9.17) is 18.8 Å². The van der Waals surface area contributed by atoms with Gasteiger partial charge in [0, 0.05) is 11.1 Å². The normalized spacial score (nSPS) is 11.0. The van der Waals surface area contributed by atoms with Crippen LogP contribution in [-0.4, -0.2) is 56.5 Å². The summed E-state index contributed by atoms with van der Waals surface area (Å²) in [5, 5.41) is 0. The molecule has 0 rings (SSSR count). The van der Waals surface area contributed by atoms with Gasteiger partial charge in [-0.15, -0.1) is 0 Å². The van der Waals surface area contributed by atoms with Crippen LogP contribution in [0.3, 0.4) is 0 Å². The van der Waals surface area contributed by atoms with E-state index in [0.717, 1.165) is 0 Å². The molecule has 0 aromatic carbocycles. The number of unbranched alkanes of at least 4 members (excludes halogenated alkanes) is 1. The van der Waals surface area contributed by atoms with Crippen LogP contribution in [0.15, 0.2) is 24.3 Å². The second-order valence-corrected chi connectivity index (χ2v) is 7.97. The summed E-state index contributed by atoms with van der Waals surface area (Å²) in [7, 11) is -4.08. The zero-order valence-corrected chi connectivity index (χ0v) is 20.7. The van der Waals surface area contributed by atoms with Gasteiger partial charge in [-0.05, 0) is 33.6 Å². The van der Waals surface area contributed by atoms with Crippen LogP contribution in [0.5, 0.6) is 0 Å². The maximum atomic E-state index is 12.4. The molecule has 0 aliphatic carbocycles. The van der Waals surface area contributed by atoms with Crippen LogP contribution < -0.4 is 51.4 Å². The summed E-state index contributed by atoms with van der Waals surface area (Å²) in [6.45, 7) is 10.2. The summed E-state index contributed by atoms with van der Waals surface area (Å²) in [5.41, 5.74) is -1.20. The number of carbonyl (C=O) groups is 3. The minimum atomic E-state index is -4.08. The smallest absolute Gasteiger partial charge is 1.00 e. The molecular formula is C17H27KO9S. The van der Waals surface area contributed by atoms with Gasteiger partial charge in [-0.2, -0.15) is 8.42 Å². The van der Waals surface area contributed by atoms with Crippen LogP contribution >= 0.6 is 0 Å². The third kappa shape index (κ3) is 12.8. The molecule has 0 aliphatic heterocycles. The molecule has 0 fully saturated rings. The first kappa shape index (κ1) is 29.6. The van der Waals surface area contributed by atoms with Gasteiger partial charge in [0.1, 0.15) is 18.6 Å². The molecule has 0 heterocycles. The molecule has 9 nitrogen and oxygen atoms in total. The maximum Gasteiger partial charge on any atom is 1.00 e. The molecule has 156 valence electrons. The van der Waals surface area contributed by atoms with Crippen molar-refractivity contribution in [2.45, 2.75) is 33.6 Å². The molecule has 0 atom stereocenters. The Bertz CT molecular complexity index is 674. The van der Waals surface area contributed by atoms with Crippen molar-refractivity contribution in [1.29, 1.82) is 0 Å². The molecule has 0 radical (unpaired) electrons. The van der Waals surface area contributed by atoms with Crippen molar-refractivity contribution in [3.8, 4) is 0 Å². The van der Waals surface area contributed by atoms with Gasteiger partial charge in [-0.25, -0.2) is 9.59 Å². The van der Waals surface area contributed by atoms with Crippen molar-refractivity contribution in [3.05, 3.63) is 24.3 Å². The number of hydrogen-bond acceptors (Lipinski definition) is 8. The van der Waals surface area contributed by atoms with E-state index in [1.54, 1.807) is 0 Å². The number of hydrogen-bond donors (Lipinski definition) is 1. The first-order valence-electron chi connectivity index (χ1n) is 8.06. The van der Waals surface area contributed by atoms with Gasteiger partial charge in [0.25, 0.3) is 10.1 Å². The predicted molar refractivity (Wildman–Crippen MR) is 97.4 cm³/mol. The molecule has 0 aliphatic rings. The first-order valence-corrected chi connectivity index (χ1v) is 9.67. The van der Waals surface area contributed by atoms with E-state index < -0.39 is 52.4 Å². The zero-order chi connectivity index (χ0) is 21.3. The van der Waals surface area contributed by atoms with Gasteiger partial charge in [0.05, 0.1) is 12.4 Å². The van der Waals surface area contributed by atoms with E-state index in [0.29, 0.717) is 0 Å². The summed E-state index contributed by atoms with van der Waals surface area (Å²) in [5.74, 6) is -2.67. The Morgan fingerprint density at radius 2 is 1.39 bits per heavy atom. The second kappa shape index (κ2) is 13.6. The molecular weight excluding hydrogens is 419 g/mol. The van der Waals surface area contributed by atoms with Crippen LogP contribution in [-0.2, 0) is 38.7 Å². The van der Waals surface area contributed by atoms with E-state index >= 15 is 0 Å². The van der Waals surface area contributed by atoms with Crippen molar-refractivity contribution in [3.63, 3.8) is 0 Å². The number of carbonyl (C=O) groups excluding carboxylic acids is 3. The molecule has 0 aromatic heterocycles. The average molecular weight is 447 g/mol. The van der Waals surface area contributed by atoms with Crippen LogP contribution in [0.25, 0.3) is 0 Å². The monoisotopic (exact) mass is 446 g/mol. The second-order valence-electron chi connectivity index (χ2n) is 6.40. The summed E-state index contributed by atoms with van der Waals surface area (Å²) >= 11 is 0. The minimum Gasteiger partial charge on any atom is -1.00 e. The van der Waals surface area contributed by atoms with E-state index in [9.17, 15) is 22.8 Å². The summed E-state index contributed by atoms with van der Waals surface area (Å²) in [6.07, 6.45) is 0.289. The van der Waals surface area contributed by atoms with Crippen LogP contribution in [0.2, 0.25) is 0 Å². The van der Waals surface area contributed by atoms with Crippen LogP contribution in [0, 0.1) is 5.41 Å². The summed E-state index contributed by atoms with van der Waals surface area (Å²) in [4.78, 5) is 35.5. The van der Waals surface area contributed by atoms with Gasteiger partial charge in [0.2, 0.25) is 0 Å². The van der Waals surface area contributed by atoms with E-state index in [2.05, 4.69) is 13.2 Å². The maximum absolute atomic E-state index is 12.4. The fraction of sp³-hybridized carbons (Fsp3) is 0.588. The third-order valence-electron chi connectivity index (χ3n) is 3.26. The number of rotatable bonds is 12. The van der Waals surface area contributed by atoms with E-state index in [1.807, 2.05) is 0 Å². The molecule has 0 unspecified atom stereocenters. The van der Waals surface area contributed by atoms with Crippen LogP contribution in [0.1, 0.15) is 35.0 Å². The molecule has 0 saturated heterocycles. The Morgan fingerprint density at radius 1 is 0.964 bits per heavy atom. The van der Waals surface area contributed by atoms with E-state index in [1.165, 1.54) is 20.8 Å². The SMILES string of the molecule is C=C(C)C(=O)OCC(C)(COC(=O)C(=C)C)C(=O)OCCCCS(=O)(=O)O.[H-].[K+].